The summed E-state index contributed by atoms with van der Waals surface area (Å²) in [6.45, 7) is 3.65. The molecule has 2 unspecified atom stereocenters. The highest BCUT2D eigenvalue weighted by Gasteiger charge is 2.40. The Kier molecular flexibility index (Phi) is 2.24. The Labute approximate surface area is 94.6 Å². The molecule has 16 heavy (non-hydrogen) atoms. The molecular formula is C12H16N2O2. The van der Waals surface area contributed by atoms with E-state index in [1.54, 1.807) is 6.07 Å². The van der Waals surface area contributed by atoms with Gasteiger partial charge in [0.05, 0.1) is 6.04 Å². The topological polar surface area (TPSA) is 45.5 Å². The molecule has 2 atom stereocenters. The molecule has 0 aliphatic carbocycles. The number of hydrogen-bond donors (Lipinski definition) is 1. The Morgan fingerprint density at radius 3 is 3.06 bits per heavy atom. The first-order chi connectivity index (χ1) is 7.75. The number of carbonyl (C=O) groups excluding carboxylic acids is 1. The SMILES string of the molecule is Cc1ccc(C(=O)N2CCCC3NCC32)o1. The van der Waals surface area contributed by atoms with Crippen LogP contribution in [0.15, 0.2) is 16.5 Å². The average Bonchev–Trinajstić information content (AvgIpc) is 2.65. The third kappa shape index (κ3) is 1.45. The zero-order valence-electron chi connectivity index (χ0n) is 9.40. The Morgan fingerprint density at radius 1 is 1.56 bits per heavy atom. The largest absolute Gasteiger partial charge is 0.456 e. The van der Waals surface area contributed by atoms with Crippen LogP contribution in [0.4, 0.5) is 0 Å². The first-order valence-electron chi connectivity index (χ1n) is 5.86. The number of rotatable bonds is 1. The number of piperidine rings is 1. The van der Waals surface area contributed by atoms with Gasteiger partial charge in [0, 0.05) is 19.1 Å². The molecule has 1 N–H and O–H groups in total. The molecular weight excluding hydrogens is 204 g/mol. The summed E-state index contributed by atoms with van der Waals surface area (Å²) in [5.41, 5.74) is 0. The summed E-state index contributed by atoms with van der Waals surface area (Å²) in [5.74, 6) is 1.32. The van der Waals surface area contributed by atoms with E-state index in [1.807, 2.05) is 17.9 Å². The second-order valence-electron chi connectivity index (χ2n) is 4.63. The predicted octanol–water partition coefficient (Wildman–Crippen LogP) is 1.16. The van der Waals surface area contributed by atoms with E-state index >= 15 is 0 Å². The second-order valence-corrected chi connectivity index (χ2v) is 4.63. The summed E-state index contributed by atoms with van der Waals surface area (Å²) in [6.07, 6.45) is 2.27. The molecule has 2 saturated heterocycles. The van der Waals surface area contributed by atoms with E-state index in [1.165, 1.54) is 6.42 Å². The molecule has 2 aliphatic rings. The number of likely N-dealkylation sites (tertiary alicyclic amines) is 1. The fraction of sp³-hybridized carbons (Fsp3) is 0.583. The number of amides is 1. The van der Waals surface area contributed by atoms with Crippen molar-refractivity contribution in [3.63, 3.8) is 0 Å². The van der Waals surface area contributed by atoms with Crippen molar-refractivity contribution < 1.29 is 9.21 Å². The summed E-state index contributed by atoms with van der Waals surface area (Å²) in [7, 11) is 0. The number of hydrogen-bond acceptors (Lipinski definition) is 3. The lowest BCUT2D eigenvalue weighted by molar-refractivity contribution is 0.0337. The molecule has 0 radical (unpaired) electrons. The molecule has 4 nitrogen and oxygen atoms in total. The van der Waals surface area contributed by atoms with Crippen LogP contribution in [-0.2, 0) is 0 Å². The molecule has 4 heteroatoms. The minimum Gasteiger partial charge on any atom is -0.456 e. The first kappa shape index (κ1) is 9.90. The van der Waals surface area contributed by atoms with Crippen molar-refractivity contribution in [2.24, 2.45) is 0 Å². The summed E-state index contributed by atoms with van der Waals surface area (Å²) in [4.78, 5) is 14.2. The van der Waals surface area contributed by atoms with Crippen molar-refractivity contribution in [1.82, 2.24) is 10.2 Å². The number of nitrogens with zero attached hydrogens (tertiary/aromatic N) is 1. The molecule has 0 aromatic carbocycles. The van der Waals surface area contributed by atoms with Gasteiger partial charge in [-0.25, -0.2) is 0 Å². The zero-order valence-corrected chi connectivity index (χ0v) is 9.40. The Balaban J connectivity index is 1.79. The van der Waals surface area contributed by atoms with Crippen LogP contribution in [0.5, 0.6) is 0 Å². The van der Waals surface area contributed by atoms with E-state index in [4.69, 9.17) is 4.42 Å². The maximum absolute atomic E-state index is 12.2. The van der Waals surface area contributed by atoms with Gasteiger partial charge in [0.2, 0.25) is 0 Å². The lowest BCUT2D eigenvalue weighted by atomic mass is 9.89. The molecule has 2 fully saturated rings. The number of aryl methyl sites for hydroxylation is 1. The fourth-order valence-corrected chi connectivity index (χ4v) is 2.60. The zero-order chi connectivity index (χ0) is 11.1. The predicted molar refractivity (Wildman–Crippen MR) is 59.3 cm³/mol. The second kappa shape index (κ2) is 3.63. The highest BCUT2D eigenvalue weighted by Crippen LogP contribution is 2.25. The fourth-order valence-electron chi connectivity index (χ4n) is 2.60. The van der Waals surface area contributed by atoms with Crippen molar-refractivity contribution in [1.29, 1.82) is 0 Å². The van der Waals surface area contributed by atoms with Gasteiger partial charge in [-0.15, -0.1) is 0 Å². The molecule has 1 aromatic heterocycles. The molecule has 1 aromatic rings. The van der Waals surface area contributed by atoms with Crippen molar-refractivity contribution in [3.8, 4) is 0 Å². The maximum Gasteiger partial charge on any atom is 0.289 e. The molecule has 3 rings (SSSR count). The normalized spacial score (nSPS) is 28.4. The average molecular weight is 220 g/mol. The smallest absolute Gasteiger partial charge is 0.289 e. The molecule has 86 valence electrons. The minimum absolute atomic E-state index is 0.0456. The first-order valence-corrected chi connectivity index (χ1v) is 5.86. The van der Waals surface area contributed by atoms with Crippen LogP contribution in [0.25, 0.3) is 0 Å². The Morgan fingerprint density at radius 2 is 2.44 bits per heavy atom. The molecule has 0 spiro atoms. The van der Waals surface area contributed by atoms with Gasteiger partial charge in [-0.3, -0.25) is 4.79 Å². The standard InChI is InChI=1S/C12H16N2O2/c1-8-4-5-11(16-8)12(15)14-6-2-3-9-10(14)7-13-9/h4-5,9-10,13H,2-3,6-7H2,1H3. The lowest BCUT2D eigenvalue weighted by Gasteiger charge is -2.48. The minimum atomic E-state index is 0.0456. The lowest BCUT2D eigenvalue weighted by Crippen LogP contribution is -2.68. The van der Waals surface area contributed by atoms with Crippen LogP contribution < -0.4 is 5.32 Å². The molecule has 3 heterocycles. The highest BCUT2D eigenvalue weighted by atomic mass is 16.3. The van der Waals surface area contributed by atoms with Gasteiger partial charge in [0.1, 0.15) is 5.76 Å². The quantitative estimate of drug-likeness (QED) is 0.772. The molecule has 2 aliphatic heterocycles. The molecule has 0 saturated carbocycles. The summed E-state index contributed by atoms with van der Waals surface area (Å²) in [5, 5.41) is 3.36. The number of fused-ring (bicyclic) bond motifs is 1. The van der Waals surface area contributed by atoms with Crippen molar-refractivity contribution >= 4 is 5.91 Å². The van der Waals surface area contributed by atoms with Crippen molar-refractivity contribution in [2.75, 3.05) is 13.1 Å². The van der Waals surface area contributed by atoms with Crippen LogP contribution in [0.3, 0.4) is 0 Å². The van der Waals surface area contributed by atoms with E-state index in [2.05, 4.69) is 5.32 Å². The summed E-state index contributed by atoms with van der Waals surface area (Å²) >= 11 is 0. The molecule has 1 amide bonds. The van der Waals surface area contributed by atoms with Gasteiger partial charge in [0.15, 0.2) is 5.76 Å². The van der Waals surface area contributed by atoms with E-state index < -0.39 is 0 Å². The van der Waals surface area contributed by atoms with Crippen LogP contribution in [-0.4, -0.2) is 36.0 Å². The number of furan rings is 1. The van der Waals surface area contributed by atoms with E-state index in [0.29, 0.717) is 17.8 Å². The van der Waals surface area contributed by atoms with Gasteiger partial charge < -0.3 is 14.6 Å². The molecule has 0 bridgehead atoms. The summed E-state index contributed by atoms with van der Waals surface area (Å²) < 4.78 is 5.39. The van der Waals surface area contributed by atoms with E-state index in [9.17, 15) is 4.79 Å². The highest BCUT2D eigenvalue weighted by molar-refractivity contribution is 5.92. The monoisotopic (exact) mass is 220 g/mol. The maximum atomic E-state index is 12.2. The number of nitrogens with one attached hydrogen (secondary N) is 1. The van der Waals surface area contributed by atoms with Gasteiger partial charge >= 0.3 is 0 Å². The van der Waals surface area contributed by atoms with Gasteiger partial charge in [-0.05, 0) is 31.9 Å². The third-order valence-electron chi connectivity index (χ3n) is 3.58. The van der Waals surface area contributed by atoms with Crippen LogP contribution in [0.2, 0.25) is 0 Å². The van der Waals surface area contributed by atoms with E-state index in [-0.39, 0.29) is 5.91 Å². The Bertz CT molecular complexity index is 413. The van der Waals surface area contributed by atoms with Gasteiger partial charge in [-0.1, -0.05) is 0 Å². The number of carbonyl (C=O) groups is 1. The van der Waals surface area contributed by atoms with Crippen LogP contribution in [0.1, 0.15) is 29.2 Å². The van der Waals surface area contributed by atoms with Gasteiger partial charge in [0.25, 0.3) is 5.91 Å². The van der Waals surface area contributed by atoms with Crippen molar-refractivity contribution in [2.45, 2.75) is 31.8 Å². The van der Waals surface area contributed by atoms with E-state index in [0.717, 1.165) is 25.3 Å². The van der Waals surface area contributed by atoms with Gasteiger partial charge in [-0.2, -0.15) is 0 Å². The van der Waals surface area contributed by atoms with Crippen LogP contribution in [0, 0.1) is 6.92 Å². The third-order valence-corrected chi connectivity index (χ3v) is 3.58. The summed E-state index contributed by atoms with van der Waals surface area (Å²) in [6, 6.07) is 4.50. The van der Waals surface area contributed by atoms with Crippen LogP contribution >= 0.6 is 0 Å². The Hall–Kier alpha value is -1.29. The van der Waals surface area contributed by atoms with Crippen molar-refractivity contribution in [3.05, 3.63) is 23.7 Å².